The maximum Gasteiger partial charge on any atom is 0.340 e. The first kappa shape index (κ1) is 11.5. The van der Waals surface area contributed by atoms with Crippen molar-refractivity contribution in [3.63, 3.8) is 0 Å². The van der Waals surface area contributed by atoms with E-state index in [4.69, 9.17) is 22.6 Å². The first-order valence-electron chi connectivity index (χ1n) is 4.15. The van der Waals surface area contributed by atoms with Crippen LogP contribution in [0.15, 0.2) is 12.1 Å². The summed E-state index contributed by atoms with van der Waals surface area (Å²) in [5.41, 5.74) is 6.26. The summed E-state index contributed by atoms with van der Waals surface area (Å²) in [7, 11) is 1.23. The van der Waals surface area contributed by atoms with Crippen LogP contribution in [0.3, 0.4) is 0 Å². The summed E-state index contributed by atoms with van der Waals surface area (Å²) in [5.74, 6) is -0.633. The Morgan fingerprint density at radius 3 is 2.80 bits per heavy atom. The third-order valence-corrected chi connectivity index (χ3v) is 2.28. The van der Waals surface area contributed by atoms with Gasteiger partial charge in [0.1, 0.15) is 6.07 Å². The van der Waals surface area contributed by atoms with Gasteiger partial charge in [0.25, 0.3) is 0 Å². The molecule has 5 heteroatoms. The molecule has 0 saturated carbocycles. The number of nitrogens with two attached hydrogens (primary N) is 1. The number of halogens is 1. The zero-order chi connectivity index (χ0) is 11.4. The summed E-state index contributed by atoms with van der Waals surface area (Å²) in [4.78, 5) is 11.4. The molecule has 1 rings (SSSR count). The molecular formula is C10H9ClN2O2. The van der Waals surface area contributed by atoms with Crippen molar-refractivity contribution in [1.29, 1.82) is 5.26 Å². The molecule has 0 bridgehead atoms. The molecule has 0 aromatic heterocycles. The van der Waals surface area contributed by atoms with Crippen molar-refractivity contribution in [1.82, 2.24) is 0 Å². The van der Waals surface area contributed by atoms with Gasteiger partial charge in [-0.1, -0.05) is 17.7 Å². The van der Waals surface area contributed by atoms with E-state index >= 15 is 0 Å². The summed E-state index contributed by atoms with van der Waals surface area (Å²) in [5, 5.41) is 9.12. The van der Waals surface area contributed by atoms with Gasteiger partial charge in [0.05, 0.1) is 23.3 Å². The number of hydrogen-bond acceptors (Lipinski definition) is 4. The predicted molar refractivity (Wildman–Crippen MR) is 55.4 cm³/mol. The van der Waals surface area contributed by atoms with Crippen LogP contribution in [0.25, 0.3) is 0 Å². The molecule has 0 spiro atoms. The van der Waals surface area contributed by atoms with Crippen LogP contribution in [0, 0.1) is 11.3 Å². The molecule has 0 unspecified atom stereocenters. The number of esters is 1. The maximum atomic E-state index is 11.4. The zero-order valence-electron chi connectivity index (χ0n) is 8.08. The van der Waals surface area contributed by atoms with E-state index in [1.54, 1.807) is 6.07 Å². The van der Waals surface area contributed by atoms with Gasteiger partial charge in [0, 0.05) is 6.54 Å². The number of nitrogens with zero attached hydrogens (tertiary/aromatic N) is 1. The second kappa shape index (κ2) is 4.78. The lowest BCUT2D eigenvalue weighted by atomic mass is 10.0. The zero-order valence-corrected chi connectivity index (χ0v) is 8.84. The van der Waals surface area contributed by atoms with E-state index in [1.807, 2.05) is 6.07 Å². The highest BCUT2D eigenvalue weighted by Crippen LogP contribution is 2.23. The van der Waals surface area contributed by atoms with E-state index in [9.17, 15) is 4.79 Å². The van der Waals surface area contributed by atoms with Crippen molar-refractivity contribution < 1.29 is 9.53 Å². The minimum atomic E-state index is -0.633. The fraction of sp³-hybridized carbons (Fsp3) is 0.200. The van der Waals surface area contributed by atoms with E-state index in [-0.39, 0.29) is 22.7 Å². The Balaban J connectivity index is 3.47. The molecule has 0 radical (unpaired) electrons. The number of hydrogen-bond donors (Lipinski definition) is 1. The topological polar surface area (TPSA) is 76.1 Å². The fourth-order valence-electron chi connectivity index (χ4n) is 1.22. The Morgan fingerprint density at radius 1 is 1.67 bits per heavy atom. The van der Waals surface area contributed by atoms with Crippen molar-refractivity contribution in [2.45, 2.75) is 6.54 Å². The van der Waals surface area contributed by atoms with E-state index in [0.29, 0.717) is 5.56 Å². The van der Waals surface area contributed by atoms with E-state index in [2.05, 4.69) is 4.74 Å². The van der Waals surface area contributed by atoms with E-state index in [1.165, 1.54) is 13.2 Å². The number of methoxy groups -OCH3 is 1. The molecule has 0 fully saturated rings. The van der Waals surface area contributed by atoms with Gasteiger partial charge in [-0.3, -0.25) is 0 Å². The average molecular weight is 225 g/mol. The van der Waals surface area contributed by atoms with E-state index in [0.717, 1.165) is 0 Å². The summed E-state index contributed by atoms with van der Waals surface area (Å²) in [6.45, 7) is 0.171. The molecule has 15 heavy (non-hydrogen) atoms. The van der Waals surface area contributed by atoms with Crippen LogP contribution in [-0.4, -0.2) is 13.1 Å². The quantitative estimate of drug-likeness (QED) is 0.772. The van der Waals surface area contributed by atoms with Gasteiger partial charge < -0.3 is 10.5 Å². The highest BCUT2D eigenvalue weighted by molar-refractivity contribution is 6.33. The number of ether oxygens (including phenoxy) is 1. The molecule has 1 aromatic carbocycles. The van der Waals surface area contributed by atoms with E-state index < -0.39 is 5.97 Å². The Labute approximate surface area is 92.2 Å². The van der Waals surface area contributed by atoms with Crippen LogP contribution in [0.1, 0.15) is 21.5 Å². The van der Waals surface area contributed by atoms with Crippen LogP contribution in [0.5, 0.6) is 0 Å². The van der Waals surface area contributed by atoms with Crippen LogP contribution in [-0.2, 0) is 11.3 Å². The standard InChI is InChI=1S/C10H9ClN2O2/c1-15-10(14)9-7(5-13)6(4-12)2-3-8(9)11/h2-3H,4,12H2,1H3. The summed E-state index contributed by atoms with van der Waals surface area (Å²) >= 11 is 5.82. The van der Waals surface area contributed by atoms with Crippen LogP contribution in [0.4, 0.5) is 0 Å². The van der Waals surface area contributed by atoms with Crippen LogP contribution >= 0.6 is 11.6 Å². The lowest BCUT2D eigenvalue weighted by Crippen LogP contribution is -2.09. The Bertz CT molecular complexity index is 438. The van der Waals surface area contributed by atoms with Crippen LogP contribution in [0.2, 0.25) is 5.02 Å². The molecule has 0 saturated heterocycles. The number of rotatable bonds is 2. The third kappa shape index (κ3) is 2.09. The van der Waals surface area contributed by atoms with Crippen molar-refractivity contribution in [2.75, 3.05) is 7.11 Å². The molecule has 1 aromatic rings. The van der Waals surface area contributed by atoms with Crippen LogP contribution < -0.4 is 5.73 Å². The largest absolute Gasteiger partial charge is 0.465 e. The lowest BCUT2D eigenvalue weighted by Gasteiger charge is -2.07. The number of carbonyl (C=O) groups excluding carboxylic acids is 1. The van der Waals surface area contributed by atoms with Gasteiger partial charge in [-0.05, 0) is 11.6 Å². The highest BCUT2D eigenvalue weighted by atomic mass is 35.5. The maximum absolute atomic E-state index is 11.4. The first-order chi connectivity index (χ1) is 7.15. The van der Waals surface area contributed by atoms with Gasteiger partial charge in [-0.15, -0.1) is 0 Å². The van der Waals surface area contributed by atoms with Crippen molar-refractivity contribution in [3.8, 4) is 6.07 Å². The Hall–Kier alpha value is -1.57. The molecule has 0 aliphatic carbocycles. The Morgan fingerprint density at radius 2 is 2.33 bits per heavy atom. The van der Waals surface area contributed by atoms with Gasteiger partial charge in [-0.25, -0.2) is 4.79 Å². The monoisotopic (exact) mass is 224 g/mol. The molecular weight excluding hydrogens is 216 g/mol. The molecule has 0 aliphatic heterocycles. The smallest absolute Gasteiger partial charge is 0.340 e. The summed E-state index contributed by atoms with van der Waals surface area (Å²) in [6, 6.07) is 5.05. The number of nitriles is 1. The molecule has 0 aliphatic rings. The Kier molecular flexibility index (Phi) is 3.67. The predicted octanol–water partition coefficient (Wildman–Crippen LogP) is 1.46. The molecule has 2 N–H and O–H groups in total. The number of benzene rings is 1. The van der Waals surface area contributed by atoms with Gasteiger partial charge >= 0.3 is 5.97 Å². The SMILES string of the molecule is COC(=O)c1c(Cl)ccc(CN)c1C#N. The molecule has 0 atom stereocenters. The second-order valence-corrected chi connectivity index (χ2v) is 3.17. The minimum absolute atomic E-state index is 0.0737. The van der Waals surface area contributed by atoms with Gasteiger partial charge in [0.15, 0.2) is 0 Å². The molecule has 78 valence electrons. The lowest BCUT2D eigenvalue weighted by molar-refractivity contribution is 0.0600. The molecule has 0 heterocycles. The molecule has 4 nitrogen and oxygen atoms in total. The minimum Gasteiger partial charge on any atom is -0.465 e. The van der Waals surface area contributed by atoms with Crippen molar-refractivity contribution in [3.05, 3.63) is 33.8 Å². The highest BCUT2D eigenvalue weighted by Gasteiger charge is 2.18. The van der Waals surface area contributed by atoms with Crippen molar-refractivity contribution >= 4 is 17.6 Å². The van der Waals surface area contributed by atoms with Gasteiger partial charge in [-0.2, -0.15) is 5.26 Å². The summed E-state index contributed by atoms with van der Waals surface area (Å²) < 4.78 is 4.54. The summed E-state index contributed by atoms with van der Waals surface area (Å²) in [6.07, 6.45) is 0. The third-order valence-electron chi connectivity index (χ3n) is 1.96. The fourth-order valence-corrected chi connectivity index (χ4v) is 1.45. The average Bonchev–Trinajstić information content (AvgIpc) is 2.27. The first-order valence-corrected chi connectivity index (χ1v) is 4.53. The molecule has 0 amide bonds. The normalized spacial score (nSPS) is 9.47. The van der Waals surface area contributed by atoms with Crippen molar-refractivity contribution in [2.24, 2.45) is 5.73 Å². The second-order valence-electron chi connectivity index (χ2n) is 2.76. The van der Waals surface area contributed by atoms with Gasteiger partial charge in [0.2, 0.25) is 0 Å². The number of carbonyl (C=O) groups is 1.